The molecule has 0 spiro atoms. The second-order valence-corrected chi connectivity index (χ2v) is 10.7. The lowest BCUT2D eigenvalue weighted by Gasteiger charge is -2.41. The summed E-state index contributed by atoms with van der Waals surface area (Å²) >= 11 is 0. The summed E-state index contributed by atoms with van der Waals surface area (Å²) in [5, 5.41) is 10.0. The number of fused-ring (bicyclic) bond motifs is 1. The van der Waals surface area contributed by atoms with E-state index in [2.05, 4.69) is 17.8 Å². The van der Waals surface area contributed by atoms with Crippen LogP contribution in [0.1, 0.15) is 64.7 Å². The van der Waals surface area contributed by atoms with E-state index in [9.17, 15) is 14.7 Å². The molecule has 0 radical (unpaired) electrons. The summed E-state index contributed by atoms with van der Waals surface area (Å²) in [6.45, 7) is 4.66. The monoisotopic (exact) mass is 418 g/mol. The number of hydrogen-bond donors (Lipinski definition) is 3. The van der Waals surface area contributed by atoms with Crippen LogP contribution in [0.4, 0.5) is 0 Å². The first-order valence-corrected chi connectivity index (χ1v) is 12.3. The lowest BCUT2D eigenvalue weighted by atomic mass is 9.66. The van der Waals surface area contributed by atoms with E-state index in [1.54, 1.807) is 4.90 Å². The van der Waals surface area contributed by atoms with Crippen LogP contribution in [-0.4, -0.2) is 70.6 Å². The molecule has 5 aliphatic rings. The fraction of sp³-hybridized carbons (Fsp3) is 0.913. The number of carbonyl (C=O) groups excluding carboxylic acids is 2. The highest BCUT2D eigenvalue weighted by atomic mass is 16.3. The van der Waals surface area contributed by atoms with Crippen molar-refractivity contribution in [3.8, 4) is 0 Å². The number of nitrogens with zero attached hydrogens (tertiary/aromatic N) is 2. The average molecular weight is 419 g/mol. The van der Waals surface area contributed by atoms with Gasteiger partial charge in [-0.25, -0.2) is 0 Å². The van der Waals surface area contributed by atoms with Gasteiger partial charge in [0.15, 0.2) is 0 Å². The zero-order valence-corrected chi connectivity index (χ0v) is 18.3. The summed E-state index contributed by atoms with van der Waals surface area (Å²) in [7, 11) is 0. The largest absolute Gasteiger partial charge is 0.380 e. The molecule has 0 aromatic carbocycles. The molecule has 5 fully saturated rings. The van der Waals surface area contributed by atoms with E-state index in [-0.39, 0.29) is 11.8 Å². The molecule has 2 amide bonds. The van der Waals surface area contributed by atoms with Crippen molar-refractivity contribution in [1.29, 1.82) is 0 Å². The third kappa shape index (κ3) is 3.89. The quantitative estimate of drug-likeness (QED) is 0.643. The number of hydrogen-bond acceptors (Lipinski definition) is 5. The highest BCUT2D eigenvalue weighted by Gasteiger charge is 2.50. The fourth-order valence-corrected chi connectivity index (χ4v) is 6.60. The summed E-state index contributed by atoms with van der Waals surface area (Å²) in [6, 6.07) is 1.22. The van der Waals surface area contributed by atoms with E-state index < -0.39 is 5.60 Å². The van der Waals surface area contributed by atoms with Crippen LogP contribution in [0.2, 0.25) is 0 Å². The predicted octanol–water partition coefficient (Wildman–Crippen LogP) is 1.27. The lowest BCUT2D eigenvalue weighted by Crippen LogP contribution is -2.54. The Morgan fingerprint density at radius 1 is 0.867 bits per heavy atom. The van der Waals surface area contributed by atoms with Gasteiger partial charge in [-0.2, -0.15) is 0 Å². The molecule has 0 aromatic rings. The van der Waals surface area contributed by atoms with Gasteiger partial charge in [-0.05, 0) is 82.5 Å². The van der Waals surface area contributed by atoms with Crippen LogP contribution in [0.3, 0.4) is 0 Å². The van der Waals surface area contributed by atoms with Crippen molar-refractivity contribution >= 4 is 11.8 Å². The van der Waals surface area contributed by atoms with Gasteiger partial charge in [-0.15, -0.1) is 0 Å². The molecule has 0 aromatic heterocycles. The van der Waals surface area contributed by atoms with Crippen molar-refractivity contribution < 1.29 is 14.7 Å². The number of nitrogens with one attached hydrogen (secondary N) is 2. The maximum Gasteiger partial charge on any atom is 0.254 e. The molecule has 4 unspecified atom stereocenters. The minimum atomic E-state index is -1.09. The number of aliphatic hydroxyl groups is 1. The summed E-state index contributed by atoms with van der Waals surface area (Å²) in [5.41, 5.74) is 5.81. The van der Waals surface area contributed by atoms with Crippen molar-refractivity contribution in [2.45, 2.75) is 82.4 Å². The van der Waals surface area contributed by atoms with Crippen molar-refractivity contribution in [3.05, 3.63) is 0 Å². The van der Waals surface area contributed by atoms with Crippen molar-refractivity contribution in [2.24, 2.45) is 23.7 Å². The summed E-state index contributed by atoms with van der Waals surface area (Å²) < 4.78 is 0. The molecule has 2 saturated heterocycles. The van der Waals surface area contributed by atoms with Crippen LogP contribution in [0, 0.1) is 23.7 Å². The molecule has 0 bridgehead atoms. The average Bonchev–Trinajstić information content (AvgIpc) is 3.44. The predicted molar refractivity (Wildman–Crippen MR) is 113 cm³/mol. The fourth-order valence-electron chi connectivity index (χ4n) is 6.60. The number of carbonyl (C=O) groups is 2. The standard InChI is InChI=1S/C23H38N4O3/c1-15-19-14-18(6-7-20(19)25-24-15)16-2-4-17(5-3-16)21(28)26-10-12-27(13-11-26)22(29)23(30)8-9-23/h15-20,24-25,30H,2-14H2,1H3. The second-order valence-electron chi connectivity index (χ2n) is 10.7. The van der Waals surface area contributed by atoms with Crippen LogP contribution >= 0.6 is 0 Å². The molecule has 3 saturated carbocycles. The van der Waals surface area contributed by atoms with E-state index in [0.717, 1.165) is 30.6 Å². The maximum absolute atomic E-state index is 13.1. The van der Waals surface area contributed by atoms with Crippen LogP contribution in [0.25, 0.3) is 0 Å². The summed E-state index contributed by atoms with van der Waals surface area (Å²) in [5.74, 6) is 2.71. The molecule has 5 rings (SSSR count). The minimum absolute atomic E-state index is 0.133. The Labute approximate surface area is 179 Å². The molecule has 4 atom stereocenters. The van der Waals surface area contributed by atoms with Crippen molar-refractivity contribution in [1.82, 2.24) is 20.7 Å². The summed E-state index contributed by atoms with van der Waals surface area (Å²) in [6.07, 6.45) is 9.55. The van der Waals surface area contributed by atoms with Gasteiger partial charge >= 0.3 is 0 Å². The first kappa shape index (κ1) is 20.7. The van der Waals surface area contributed by atoms with E-state index in [1.807, 2.05) is 4.90 Å². The van der Waals surface area contributed by atoms with Crippen molar-refractivity contribution in [3.63, 3.8) is 0 Å². The van der Waals surface area contributed by atoms with Crippen LogP contribution < -0.4 is 10.9 Å². The summed E-state index contributed by atoms with van der Waals surface area (Å²) in [4.78, 5) is 29.1. The Hall–Kier alpha value is -1.18. The number of rotatable bonds is 3. The highest BCUT2D eigenvalue weighted by molar-refractivity contribution is 5.88. The molecular weight excluding hydrogens is 380 g/mol. The molecule has 7 nitrogen and oxygen atoms in total. The molecule has 2 heterocycles. The zero-order valence-electron chi connectivity index (χ0n) is 18.3. The smallest absolute Gasteiger partial charge is 0.254 e. The van der Waals surface area contributed by atoms with Crippen molar-refractivity contribution in [2.75, 3.05) is 26.2 Å². The van der Waals surface area contributed by atoms with Gasteiger partial charge in [-0.3, -0.25) is 20.4 Å². The zero-order chi connectivity index (χ0) is 20.9. The van der Waals surface area contributed by atoms with Gasteiger partial charge < -0.3 is 14.9 Å². The minimum Gasteiger partial charge on any atom is -0.380 e. The number of amides is 2. The Kier molecular flexibility index (Phi) is 5.57. The van der Waals surface area contributed by atoms with Gasteiger partial charge in [0.2, 0.25) is 5.91 Å². The molecule has 2 aliphatic heterocycles. The SMILES string of the molecule is CC1NNC2CCC(C3CCC(C(=O)N4CCN(C(=O)C5(O)CC5)CC4)CC3)CC12. The van der Waals surface area contributed by atoms with E-state index in [0.29, 0.717) is 57.0 Å². The Balaban J connectivity index is 1.08. The Bertz CT molecular complexity index is 665. The van der Waals surface area contributed by atoms with Gasteiger partial charge in [0.05, 0.1) is 0 Å². The number of piperazine rings is 1. The van der Waals surface area contributed by atoms with E-state index in [4.69, 9.17) is 0 Å². The number of hydrazine groups is 1. The maximum atomic E-state index is 13.1. The second kappa shape index (κ2) is 8.06. The van der Waals surface area contributed by atoms with Crippen LogP contribution in [-0.2, 0) is 9.59 Å². The topological polar surface area (TPSA) is 84.9 Å². The molecular formula is C23H38N4O3. The Morgan fingerprint density at radius 2 is 1.50 bits per heavy atom. The third-order valence-corrected chi connectivity index (χ3v) is 8.87. The molecule has 3 aliphatic carbocycles. The van der Waals surface area contributed by atoms with Gasteiger partial charge in [0.1, 0.15) is 5.60 Å². The molecule has 30 heavy (non-hydrogen) atoms. The molecule has 168 valence electrons. The normalized spacial score (nSPS) is 40.7. The van der Waals surface area contributed by atoms with E-state index >= 15 is 0 Å². The first-order chi connectivity index (χ1) is 14.4. The van der Waals surface area contributed by atoms with Crippen LogP contribution in [0.15, 0.2) is 0 Å². The Morgan fingerprint density at radius 3 is 2.17 bits per heavy atom. The lowest BCUT2D eigenvalue weighted by molar-refractivity contribution is -0.148. The third-order valence-electron chi connectivity index (χ3n) is 8.87. The highest BCUT2D eigenvalue weighted by Crippen LogP contribution is 2.43. The van der Waals surface area contributed by atoms with E-state index in [1.165, 1.54) is 32.1 Å². The molecule has 3 N–H and O–H groups in total. The van der Waals surface area contributed by atoms with Crippen LogP contribution in [0.5, 0.6) is 0 Å². The van der Waals surface area contributed by atoms with Gasteiger partial charge in [0, 0.05) is 44.2 Å². The van der Waals surface area contributed by atoms with Gasteiger partial charge in [0.25, 0.3) is 5.91 Å². The first-order valence-electron chi connectivity index (χ1n) is 12.3. The van der Waals surface area contributed by atoms with Gasteiger partial charge in [-0.1, -0.05) is 0 Å². The molecule has 7 heteroatoms.